The molecular formula is C28H33N7O10S3. The first-order valence-corrected chi connectivity index (χ1v) is 18.7. The number of ether oxygens (including phenoxy) is 1. The monoisotopic (exact) mass is 723 g/mol. The van der Waals surface area contributed by atoms with Crippen LogP contribution in [0.3, 0.4) is 0 Å². The number of hydrogen-bond acceptors (Lipinski definition) is 15. The molecule has 0 aliphatic heterocycles. The number of azo groups is 2. The molecule has 5 N–H and O–H groups in total. The molecule has 0 radical (unpaired) electrons. The minimum absolute atomic E-state index is 0.0136. The first-order valence-electron chi connectivity index (χ1n) is 14.0. The minimum atomic E-state index is -4.86. The van der Waals surface area contributed by atoms with Gasteiger partial charge in [-0.3, -0.25) is 9.11 Å². The second kappa shape index (κ2) is 16.6. The number of aliphatic hydroxyl groups is 1. The number of nitriles is 1. The zero-order chi connectivity index (χ0) is 35.5. The summed E-state index contributed by atoms with van der Waals surface area (Å²) in [7, 11) is -11.2. The van der Waals surface area contributed by atoms with Crippen molar-refractivity contribution in [1.29, 1.82) is 5.26 Å². The van der Waals surface area contributed by atoms with E-state index in [2.05, 4.69) is 37.2 Å². The molecule has 20 heteroatoms. The fourth-order valence-corrected chi connectivity index (χ4v) is 6.15. The molecule has 0 saturated heterocycles. The Morgan fingerprint density at radius 2 is 1.46 bits per heavy atom. The topological polar surface area (TPSA) is 270 Å². The van der Waals surface area contributed by atoms with E-state index in [0.29, 0.717) is 36.5 Å². The van der Waals surface area contributed by atoms with E-state index in [4.69, 9.17) is 14.4 Å². The largest absolute Gasteiger partial charge is 0.395 e. The summed E-state index contributed by atoms with van der Waals surface area (Å²) < 4.78 is 95.2. The molecule has 0 atom stereocenters. The van der Waals surface area contributed by atoms with E-state index in [1.807, 2.05) is 0 Å². The Bertz CT molecular complexity index is 2050. The van der Waals surface area contributed by atoms with Gasteiger partial charge in [-0.1, -0.05) is 0 Å². The molecule has 3 aromatic rings. The van der Waals surface area contributed by atoms with Crippen LogP contribution in [0, 0.1) is 18.3 Å². The molecule has 0 aliphatic carbocycles. The van der Waals surface area contributed by atoms with Crippen LogP contribution in [-0.2, 0) is 34.8 Å². The molecule has 0 amide bonds. The maximum atomic E-state index is 12.3. The van der Waals surface area contributed by atoms with Gasteiger partial charge in [0.15, 0.2) is 9.84 Å². The van der Waals surface area contributed by atoms with Gasteiger partial charge in [-0.15, -0.1) is 10.2 Å². The lowest BCUT2D eigenvalue weighted by Crippen LogP contribution is -2.20. The van der Waals surface area contributed by atoms with Crippen molar-refractivity contribution in [3.05, 3.63) is 59.7 Å². The molecule has 0 aromatic heterocycles. The van der Waals surface area contributed by atoms with Gasteiger partial charge in [0.05, 0.1) is 51.3 Å². The quantitative estimate of drug-likeness (QED) is 0.0732. The summed E-state index contributed by atoms with van der Waals surface area (Å²) >= 11 is 0. The third-order valence-electron chi connectivity index (χ3n) is 6.52. The lowest BCUT2D eigenvalue weighted by molar-refractivity contribution is 0.198. The molecule has 0 unspecified atom stereocenters. The smallest absolute Gasteiger partial charge is 0.296 e. The van der Waals surface area contributed by atoms with Gasteiger partial charge >= 0.3 is 0 Å². The number of aliphatic hydroxyl groups excluding tert-OH is 1. The highest BCUT2D eigenvalue weighted by Crippen LogP contribution is 2.39. The SMILES string of the molecule is COCCCNc1cc(NCCS(=O)(=O)CCO)c(C#N)c(C)c1/N=N/c1ccc(/N=N/c2ccc(S(=O)(=O)O)cc2)cc1S(=O)(=O)O. The van der Waals surface area contributed by atoms with Gasteiger partial charge in [0.1, 0.15) is 22.3 Å². The molecule has 0 bridgehead atoms. The molecule has 3 aromatic carbocycles. The van der Waals surface area contributed by atoms with Crippen LogP contribution in [0.2, 0.25) is 0 Å². The summed E-state index contributed by atoms with van der Waals surface area (Å²) in [5.74, 6) is -0.683. The molecule has 3 rings (SSSR count). The Morgan fingerprint density at radius 3 is 2.06 bits per heavy atom. The number of hydrogen-bond donors (Lipinski definition) is 5. The van der Waals surface area contributed by atoms with E-state index in [9.17, 15) is 35.1 Å². The summed E-state index contributed by atoms with van der Waals surface area (Å²) in [4.78, 5) is -1.01. The Labute approximate surface area is 277 Å². The molecule has 17 nitrogen and oxygen atoms in total. The molecular weight excluding hydrogens is 691 g/mol. The van der Waals surface area contributed by atoms with Crippen molar-refractivity contribution in [2.45, 2.75) is 23.1 Å². The number of nitrogens with one attached hydrogen (secondary N) is 2. The van der Waals surface area contributed by atoms with Crippen molar-refractivity contribution in [3.63, 3.8) is 0 Å². The van der Waals surface area contributed by atoms with Gasteiger partial charge in [0, 0.05) is 26.8 Å². The zero-order valence-electron chi connectivity index (χ0n) is 25.7. The van der Waals surface area contributed by atoms with Gasteiger partial charge in [0.2, 0.25) is 0 Å². The Hall–Kier alpha value is -4.36. The molecule has 258 valence electrons. The normalized spacial score (nSPS) is 12.4. The predicted octanol–water partition coefficient (Wildman–Crippen LogP) is 4.46. The molecule has 0 spiro atoms. The predicted molar refractivity (Wildman–Crippen MR) is 176 cm³/mol. The summed E-state index contributed by atoms with van der Waals surface area (Å²) in [6, 6.07) is 11.9. The summed E-state index contributed by atoms with van der Waals surface area (Å²) in [5, 5.41) is 41.1. The fourth-order valence-electron chi connectivity index (χ4n) is 4.13. The number of sulfone groups is 1. The fraction of sp³-hybridized carbons (Fsp3) is 0.321. The number of nitrogens with zero attached hydrogens (tertiary/aromatic N) is 5. The van der Waals surface area contributed by atoms with Crippen molar-refractivity contribution in [1.82, 2.24) is 0 Å². The van der Waals surface area contributed by atoms with Crippen LogP contribution in [0.5, 0.6) is 0 Å². The van der Waals surface area contributed by atoms with Crippen molar-refractivity contribution >= 4 is 64.2 Å². The number of benzene rings is 3. The van der Waals surface area contributed by atoms with Crippen molar-refractivity contribution in [2.24, 2.45) is 20.5 Å². The lowest BCUT2D eigenvalue weighted by Gasteiger charge is -2.17. The van der Waals surface area contributed by atoms with E-state index >= 15 is 0 Å². The van der Waals surface area contributed by atoms with Gasteiger partial charge in [-0.2, -0.15) is 32.3 Å². The van der Waals surface area contributed by atoms with Crippen LogP contribution in [-0.4, -0.2) is 84.4 Å². The van der Waals surface area contributed by atoms with Crippen LogP contribution in [0.25, 0.3) is 0 Å². The zero-order valence-corrected chi connectivity index (χ0v) is 28.2. The lowest BCUT2D eigenvalue weighted by atomic mass is 10.0. The van der Waals surface area contributed by atoms with Crippen LogP contribution < -0.4 is 10.6 Å². The number of rotatable bonds is 17. The van der Waals surface area contributed by atoms with Gasteiger partial charge < -0.3 is 20.5 Å². The average Bonchev–Trinajstić information content (AvgIpc) is 3.01. The second-order valence-electron chi connectivity index (χ2n) is 10.0. The highest BCUT2D eigenvalue weighted by atomic mass is 32.2. The van der Waals surface area contributed by atoms with E-state index < -0.39 is 47.3 Å². The summed E-state index contributed by atoms with van der Waals surface area (Å²) in [6.07, 6.45) is 0.585. The molecule has 48 heavy (non-hydrogen) atoms. The maximum absolute atomic E-state index is 12.3. The van der Waals surface area contributed by atoms with Gasteiger partial charge in [-0.25, -0.2) is 8.42 Å². The number of methoxy groups -OCH3 is 1. The second-order valence-corrected chi connectivity index (χ2v) is 15.1. The Morgan fingerprint density at radius 1 is 0.812 bits per heavy atom. The molecule has 0 fully saturated rings. The van der Waals surface area contributed by atoms with Crippen LogP contribution in [0.4, 0.5) is 34.1 Å². The number of anilines is 2. The standard InChI is InChI=1S/C28H33N7O10S3/c1-19-23(18-29)25(31-11-14-46(37,38)15-12-36)17-26(30-10-3-13-45-2)28(19)35-34-24-9-6-21(16-27(24)48(42,43)44)33-32-20-4-7-22(8-5-20)47(39,40)41/h4-9,16-17,30-31,36H,3,10-15H2,1-2H3,(H,39,40,41)(H,42,43,44)/b33-32+,35-34+. The van der Waals surface area contributed by atoms with Crippen molar-refractivity contribution in [2.75, 3.05) is 55.6 Å². The summed E-state index contributed by atoms with van der Waals surface area (Å²) in [5.41, 5.74) is 1.21. The van der Waals surface area contributed by atoms with Gasteiger partial charge in [0.25, 0.3) is 20.2 Å². The molecule has 0 saturated carbocycles. The third kappa shape index (κ3) is 10.8. The third-order valence-corrected chi connectivity index (χ3v) is 9.90. The van der Waals surface area contributed by atoms with Crippen LogP contribution >= 0.6 is 0 Å². The molecule has 0 heterocycles. The Balaban J connectivity index is 2.00. The molecule has 0 aliphatic rings. The van der Waals surface area contributed by atoms with E-state index in [-0.39, 0.29) is 45.5 Å². The maximum Gasteiger partial charge on any atom is 0.296 e. The van der Waals surface area contributed by atoms with Crippen molar-refractivity contribution in [3.8, 4) is 6.07 Å². The first kappa shape index (κ1) is 38.1. The van der Waals surface area contributed by atoms with E-state index in [1.165, 1.54) is 24.3 Å². The van der Waals surface area contributed by atoms with Gasteiger partial charge in [-0.05, 0) is 67.4 Å². The highest BCUT2D eigenvalue weighted by Gasteiger charge is 2.20. The first-order chi connectivity index (χ1) is 22.6. The van der Waals surface area contributed by atoms with Crippen LogP contribution in [0.15, 0.2) is 78.8 Å². The Kier molecular flexibility index (Phi) is 13.2. The van der Waals surface area contributed by atoms with Crippen molar-refractivity contribution < 1.29 is 44.2 Å². The van der Waals surface area contributed by atoms with E-state index in [1.54, 1.807) is 20.1 Å². The highest BCUT2D eigenvalue weighted by molar-refractivity contribution is 7.91. The summed E-state index contributed by atoms with van der Waals surface area (Å²) in [6.45, 7) is 1.86. The van der Waals surface area contributed by atoms with Crippen LogP contribution in [0.1, 0.15) is 17.5 Å². The minimum Gasteiger partial charge on any atom is -0.395 e. The average molecular weight is 724 g/mol. The van der Waals surface area contributed by atoms with E-state index in [0.717, 1.165) is 18.2 Å².